The summed E-state index contributed by atoms with van der Waals surface area (Å²) in [6, 6.07) is 0.178. The molecule has 0 saturated carbocycles. The van der Waals surface area contributed by atoms with Gasteiger partial charge in [-0.05, 0) is 6.42 Å². The Hall–Kier alpha value is -1.02. The van der Waals surface area contributed by atoms with Crippen molar-refractivity contribution >= 4 is 17.2 Å². The first-order valence-electron chi connectivity index (χ1n) is 8.49. The minimum Gasteiger partial charge on any atom is -0.378 e. The van der Waals surface area contributed by atoms with Gasteiger partial charge in [-0.25, -0.2) is 4.98 Å². The third-order valence-corrected chi connectivity index (χ3v) is 5.47. The van der Waals surface area contributed by atoms with Crippen molar-refractivity contribution in [1.29, 1.82) is 0 Å². The van der Waals surface area contributed by atoms with Gasteiger partial charge in [0.25, 0.3) is 0 Å². The summed E-state index contributed by atoms with van der Waals surface area (Å²) in [7, 11) is 0. The second kappa shape index (κ2) is 8.19. The smallest absolute Gasteiger partial charge is 0.224 e. The van der Waals surface area contributed by atoms with Crippen molar-refractivity contribution in [3.63, 3.8) is 0 Å². The lowest BCUT2D eigenvalue weighted by molar-refractivity contribution is -0.134. The van der Waals surface area contributed by atoms with Gasteiger partial charge in [0, 0.05) is 57.1 Å². The van der Waals surface area contributed by atoms with Gasteiger partial charge < -0.3 is 15.0 Å². The Morgan fingerprint density at radius 2 is 2.26 bits per heavy atom. The van der Waals surface area contributed by atoms with Gasteiger partial charge in [-0.15, -0.1) is 11.3 Å². The molecule has 3 heterocycles. The monoisotopic (exact) mass is 338 g/mol. The Morgan fingerprint density at radius 3 is 2.91 bits per heavy atom. The van der Waals surface area contributed by atoms with Crippen molar-refractivity contribution < 1.29 is 9.53 Å². The number of carbonyl (C=O) groups is 1. The molecule has 0 bridgehead atoms. The standard InChI is InChI=1S/C16H26N4O2S/c1-2-15-18-14(12-23-15)10-19-4-6-20(7-5-19)16(21)9-13-11-22-8-3-17-13/h12-13,17H,2-11H2,1H3. The zero-order valence-electron chi connectivity index (χ0n) is 13.8. The largest absolute Gasteiger partial charge is 0.378 e. The van der Waals surface area contributed by atoms with Gasteiger partial charge in [-0.1, -0.05) is 6.92 Å². The number of aryl methyl sites for hydroxylation is 1. The second-order valence-corrected chi connectivity index (χ2v) is 7.12. The molecular formula is C16H26N4O2S. The number of ether oxygens (including phenoxy) is 1. The molecule has 0 aliphatic carbocycles. The lowest BCUT2D eigenvalue weighted by Crippen LogP contribution is -2.51. The average Bonchev–Trinajstić information content (AvgIpc) is 3.04. The topological polar surface area (TPSA) is 57.7 Å². The molecule has 1 atom stereocenters. The molecular weight excluding hydrogens is 312 g/mol. The summed E-state index contributed by atoms with van der Waals surface area (Å²) in [4.78, 5) is 21.4. The number of amides is 1. The zero-order chi connectivity index (χ0) is 16.1. The second-order valence-electron chi connectivity index (χ2n) is 6.17. The van der Waals surface area contributed by atoms with Crippen molar-refractivity contribution in [2.45, 2.75) is 32.4 Å². The fourth-order valence-corrected chi connectivity index (χ4v) is 3.80. The van der Waals surface area contributed by atoms with Gasteiger partial charge in [0.15, 0.2) is 0 Å². The number of hydrogen-bond donors (Lipinski definition) is 1. The fraction of sp³-hybridized carbons (Fsp3) is 0.750. The van der Waals surface area contributed by atoms with E-state index in [4.69, 9.17) is 4.74 Å². The highest BCUT2D eigenvalue weighted by molar-refractivity contribution is 7.09. The van der Waals surface area contributed by atoms with Crippen LogP contribution in [0, 0.1) is 0 Å². The molecule has 7 heteroatoms. The molecule has 1 aromatic rings. The SMILES string of the molecule is CCc1nc(CN2CCN(C(=O)CC3COCCN3)CC2)cs1. The lowest BCUT2D eigenvalue weighted by atomic mass is 10.1. The maximum Gasteiger partial charge on any atom is 0.224 e. The third-order valence-electron chi connectivity index (χ3n) is 4.43. The summed E-state index contributed by atoms with van der Waals surface area (Å²) in [5.74, 6) is 0.245. The van der Waals surface area contributed by atoms with Crippen LogP contribution in [0.15, 0.2) is 5.38 Å². The Balaban J connectivity index is 1.41. The minimum atomic E-state index is 0.178. The Bertz CT molecular complexity index is 508. The first kappa shape index (κ1) is 16.8. The minimum absolute atomic E-state index is 0.178. The normalized spacial score (nSPS) is 23.2. The van der Waals surface area contributed by atoms with Gasteiger partial charge in [0.05, 0.1) is 23.9 Å². The molecule has 2 aliphatic rings. The number of aromatic nitrogens is 1. The summed E-state index contributed by atoms with van der Waals surface area (Å²) in [5, 5.41) is 6.71. The maximum atomic E-state index is 12.4. The van der Waals surface area contributed by atoms with Crippen LogP contribution in [-0.4, -0.2) is 72.7 Å². The van der Waals surface area contributed by atoms with E-state index in [1.54, 1.807) is 11.3 Å². The van der Waals surface area contributed by atoms with Gasteiger partial charge in [0.1, 0.15) is 0 Å². The van der Waals surface area contributed by atoms with Crippen LogP contribution >= 0.6 is 11.3 Å². The highest BCUT2D eigenvalue weighted by Crippen LogP contribution is 2.14. The highest BCUT2D eigenvalue weighted by Gasteiger charge is 2.24. The van der Waals surface area contributed by atoms with Crippen LogP contribution in [-0.2, 0) is 22.5 Å². The molecule has 3 rings (SSSR count). The van der Waals surface area contributed by atoms with Crippen molar-refractivity contribution in [3.05, 3.63) is 16.1 Å². The molecule has 6 nitrogen and oxygen atoms in total. The summed E-state index contributed by atoms with van der Waals surface area (Å²) >= 11 is 1.74. The van der Waals surface area contributed by atoms with Gasteiger partial charge in [-0.2, -0.15) is 0 Å². The number of nitrogens with zero attached hydrogens (tertiary/aromatic N) is 3. The molecule has 1 N–H and O–H groups in total. The van der Waals surface area contributed by atoms with Crippen LogP contribution in [0.1, 0.15) is 24.0 Å². The van der Waals surface area contributed by atoms with Gasteiger partial charge in [0.2, 0.25) is 5.91 Å². The van der Waals surface area contributed by atoms with Crippen molar-refractivity contribution in [1.82, 2.24) is 20.1 Å². The molecule has 1 unspecified atom stereocenters. The number of carbonyl (C=O) groups excluding carboxylic acids is 1. The fourth-order valence-electron chi connectivity index (χ4n) is 3.06. The van der Waals surface area contributed by atoms with E-state index < -0.39 is 0 Å². The molecule has 1 aromatic heterocycles. The Morgan fingerprint density at radius 1 is 1.43 bits per heavy atom. The lowest BCUT2D eigenvalue weighted by Gasteiger charge is -2.35. The maximum absolute atomic E-state index is 12.4. The number of nitrogens with one attached hydrogen (secondary N) is 1. The molecule has 0 spiro atoms. The van der Waals surface area contributed by atoms with E-state index in [-0.39, 0.29) is 11.9 Å². The van der Waals surface area contributed by atoms with Crippen molar-refractivity contribution in [2.75, 3.05) is 45.9 Å². The summed E-state index contributed by atoms with van der Waals surface area (Å²) in [6.45, 7) is 8.77. The Labute approximate surface area is 141 Å². The molecule has 0 radical (unpaired) electrons. The van der Waals surface area contributed by atoms with E-state index >= 15 is 0 Å². The summed E-state index contributed by atoms with van der Waals surface area (Å²) in [5.41, 5.74) is 1.16. The number of thiazole rings is 1. The highest BCUT2D eigenvalue weighted by atomic mass is 32.1. The van der Waals surface area contributed by atoms with E-state index in [1.165, 1.54) is 5.01 Å². The third kappa shape index (κ3) is 4.73. The van der Waals surface area contributed by atoms with Gasteiger partial charge in [-0.3, -0.25) is 9.69 Å². The number of rotatable bonds is 5. The zero-order valence-corrected chi connectivity index (χ0v) is 14.6. The quantitative estimate of drug-likeness (QED) is 0.858. The van der Waals surface area contributed by atoms with Crippen molar-refractivity contribution in [2.24, 2.45) is 0 Å². The van der Waals surface area contributed by atoms with E-state index in [0.29, 0.717) is 13.0 Å². The first-order chi connectivity index (χ1) is 11.2. The summed E-state index contributed by atoms with van der Waals surface area (Å²) in [6.07, 6.45) is 1.55. The van der Waals surface area contributed by atoms with Crippen LogP contribution in [0.3, 0.4) is 0 Å². The first-order valence-corrected chi connectivity index (χ1v) is 9.37. The molecule has 1 amide bonds. The van der Waals surface area contributed by atoms with E-state index in [1.807, 2.05) is 4.90 Å². The van der Waals surface area contributed by atoms with E-state index in [9.17, 15) is 4.79 Å². The van der Waals surface area contributed by atoms with Gasteiger partial charge >= 0.3 is 0 Å². The molecule has 0 aromatic carbocycles. The number of piperazine rings is 1. The molecule has 128 valence electrons. The van der Waals surface area contributed by atoms with Crippen LogP contribution in [0.4, 0.5) is 0 Å². The molecule has 2 saturated heterocycles. The van der Waals surface area contributed by atoms with Crippen LogP contribution < -0.4 is 5.32 Å². The summed E-state index contributed by atoms with van der Waals surface area (Å²) < 4.78 is 5.42. The van der Waals surface area contributed by atoms with Crippen LogP contribution in [0.2, 0.25) is 0 Å². The predicted molar refractivity (Wildman–Crippen MR) is 90.6 cm³/mol. The number of morpholine rings is 1. The average molecular weight is 338 g/mol. The Kier molecular flexibility index (Phi) is 5.99. The molecule has 2 aliphatic heterocycles. The predicted octanol–water partition coefficient (Wildman–Crippen LogP) is 0.728. The van der Waals surface area contributed by atoms with Crippen LogP contribution in [0.5, 0.6) is 0 Å². The van der Waals surface area contributed by atoms with E-state index in [0.717, 1.165) is 58.0 Å². The number of hydrogen-bond acceptors (Lipinski definition) is 6. The van der Waals surface area contributed by atoms with Crippen molar-refractivity contribution in [3.8, 4) is 0 Å². The molecule has 23 heavy (non-hydrogen) atoms. The van der Waals surface area contributed by atoms with Crippen LogP contribution in [0.25, 0.3) is 0 Å². The van der Waals surface area contributed by atoms with E-state index in [2.05, 4.69) is 27.5 Å². The molecule has 2 fully saturated rings.